The maximum Gasteiger partial charge on any atom is 0.279 e. The molecule has 5 heteroatoms. The van der Waals surface area contributed by atoms with Crippen molar-refractivity contribution in [1.29, 1.82) is 0 Å². The summed E-state index contributed by atoms with van der Waals surface area (Å²) in [6.45, 7) is 1.93. The number of rotatable bonds is 2. The fraction of sp³-hybridized carbons (Fsp3) is 0.0769. The number of nitrogens with two attached hydrogens (primary N) is 1. The Bertz CT molecular complexity index is 691. The molecular weight excluding hydrogens is 246 g/mol. The molecule has 0 amide bonds. The van der Waals surface area contributed by atoms with Gasteiger partial charge in [0, 0.05) is 11.4 Å². The van der Waals surface area contributed by atoms with E-state index in [-0.39, 0.29) is 0 Å². The van der Waals surface area contributed by atoms with E-state index in [1.165, 1.54) is 11.3 Å². The molecule has 2 heterocycles. The maximum atomic E-state index is 5.73. The second-order valence-electron chi connectivity index (χ2n) is 3.94. The van der Waals surface area contributed by atoms with Gasteiger partial charge in [-0.15, -0.1) is 0 Å². The molecular formula is C13H11N3OS. The number of aryl methyl sites for hydroxylation is 1. The first kappa shape index (κ1) is 11.0. The number of anilines is 1. The molecule has 0 aliphatic carbocycles. The highest BCUT2D eigenvalue weighted by Crippen LogP contribution is 2.31. The van der Waals surface area contributed by atoms with Gasteiger partial charge < -0.3 is 10.5 Å². The lowest BCUT2D eigenvalue weighted by molar-refractivity contribution is 0.477. The topological polar surface area (TPSA) is 61.0 Å². The Balaban J connectivity index is 1.92. The lowest BCUT2D eigenvalue weighted by Gasteiger charge is -2.00. The summed E-state index contributed by atoms with van der Waals surface area (Å²) in [5, 5.41) is 0.598. The number of ether oxygens (including phenoxy) is 1. The van der Waals surface area contributed by atoms with Crippen molar-refractivity contribution < 1.29 is 4.74 Å². The summed E-state index contributed by atoms with van der Waals surface area (Å²) in [5.41, 5.74) is 8.31. The van der Waals surface area contributed by atoms with Gasteiger partial charge in [-0.3, -0.25) is 4.98 Å². The van der Waals surface area contributed by atoms with Gasteiger partial charge in [0.1, 0.15) is 5.75 Å². The Labute approximate surface area is 108 Å². The van der Waals surface area contributed by atoms with Crippen LogP contribution in [-0.4, -0.2) is 9.97 Å². The van der Waals surface area contributed by atoms with Gasteiger partial charge in [0.05, 0.1) is 16.4 Å². The minimum atomic E-state index is 0.598. The summed E-state index contributed by atoms with van der Waals surface area (Å²) in [6, 6.07) is 9.40. The second kappa shape index (κ2) is 4.27. The SMILES string of the molecule is Cc1ccc(Oc2nc3ccc(N)cc3s2)cn1. The molecule has 18 heavy (non-hydrogen) atoms. The van der Waals surface area contributed by atoms with Gasteiger partial charge in [-0.05, 0) is 37.3 Å². The Kier molecular flexibility index (Phi) is 2.60. The van der Waals surface area contributed by atoms with Crippen molar-refractivity contribution in [2.75, 3.05) is 5.73 Å². The van der Waals surface area contributed by atoms with Crippen LogP contribution in [0.4, 0.5) is 5.69 Å². The maximum absolute atomic E-state index is 5.73. The highest BCUT2D eigenvalue weighted by Gasteiger charge is 2.06. The average Bonchev–Trinajstić information content (AvgIpc) is 2.73. The largest absolute Gasteiger partial charge is 0.429 e. The monoisotopic (exact) mass is 257 g/mol. The van der Waals surface area contributed by atoms with Crippen LogP contribution in [0.2, 0.25) is 0 Å². The van der Waals surface area contributed by atoms with Crippen LogP contribution in [-0.2, 0) is 0 Å². The molecule has 0 bridgehead atoms. The van der Waals surface area contributed by atoms with Crippen molar-refractivity contribution in [2.45, 2.75) is 6.92 Å². The molecule has 3 aromatic rings. The first-order valence-corrected chi connectivity index (χ1v) is 6.29. The van der Waals surface area contributed by atoms with Crippen LogP contribution >= 0.6 is 11.3 Å². The molecule has 90 valence electrons. The Hall–Kier alpha value is -2.14. The summed E-state index contributed by atoms with van der Waals surface area (Å²) in [7, 11) is 0. The number of aromatic nitrogens is 2. The van der Waals surface area contributed by atoms with E-state index in [9.17, 15) is 0 Å². The third-order valence-corrected chi connectivity index (χ3v) is 3.38. The third kappa shape index (κ3) is 2.12. The fourth-order valence-corrected chi connectivity index (χ4v) is 2.46. The molecule has 0 saturated carbocycles. The molecule has 0 saturated heterocycles. The molecule has 0 radical (unpaired) electrons. The van der Waals surface area contributed by atoms with Gasteiger partial charge in [0.25, 0.3) is 5.19 Å². The van der Waals surface area contributed by atoms with Crippen molar-refractivity contribution in [1.82, 2.24) is 9.97 Å². The Morgan fingerprint density at radius 3 is 2.89 bits per heavy atom. The standard InChI is InChI=1S/C13H11N3OS/c1-8-2-4-10(7-15-8)17-13-16-11-5-3-9(14)6-12(11)18-13/h2-7H,14H2,1H3. The average molecular weight is 257 g/mol. The molecule has 0 atom stereocenters. The van der Waals surface area contributed by atoms with Crippen LogP contribution < -0.4 is 10.5 Å². The third-order valence-electron chi connectivity index (χ3n) is 2.48. The van der Waals surface area contributed by atoms with Crippen LogP contribution in [0.3, 0.4) is 0 Å². The molecule has 2 aromatic heterocycles. The summed E-state index contributed by atoms with van der Waals surface area (Å²) in [5.74, 6) is 0.688. The van der Waals surface area contributed by atoms with Gasteiger partial charge in [-0.1, -0.05) is 11.3 Å². The first-order valence-electron chi connectivity index (χ1n) is 5.47. The van der Waals surface area contributed by atoms with Gasteiger partial charge in [0.2, 0.25) is 0 Å². The lowest BCUT2D eigenvalue weighted by atomic mass is 10.3. The van der Waals surface area contributed by atoms with E-state index >= 15 is 0 Å². The zero-order chi connectivity index (χ0) is 12.5. The number of nitrogens with zero attached hydrogens (tertiary/aromatic N) is 2. The van der Waals surface area contributed by atoms with Crippen LogP contribution in [0.25, 0.3) is 10.2 Å². The fourth-order valence-electron chi connectivity index (χ4n) is 1.58. The summed E-state index contributed by atoms with van der Waals surface area (Å²) >= 11 is 1.47. The van der Waals surface area contributed by atoms with E-state index < -0.39 is 0 Å². The van der Waals surface area contributed by atoms with E-state index in [1.54, 1.807) is 6.20 Å². The van der Waals surface area contributed by atoms with Gasteiger partial charge in [-0.25, -0.2) is 4.98 Å². The number of hydrogen-bond donors (Lipinski definition) is 1. The highest BCUT2D eigenvalue weighted by atomic mass is 32.1. The van der Waals surface area contributed by atoms with Crippen molar-refractivity contribution in [3.63, 3.8) is 0 Å². The van der Waals surface area contributed by atoms with Crippen molar-refractivity contribution in [2.24, 2.45) is 0 Å². The van der Waals surface area contributed by atoms with E-state index in [4.69, 9.17) is 10.5 Å². The van der Waals surface area contributed by atoms with E-state index in [1.807, 2.05) is 37.3 Å². The molecule has 0 spiro atoms. The molecule has 2 N–H and O–H groups in total. The zero-order valence-corrected chi connectivity index (χ0v) is 10.6. The number of thiazole rings is 1. The quantitative estimate of drug-likeness (QED) is 0.715. The first-order chi connectivity index (χ1) is 8.70. The Morgan fingerprint density at radius 1 is 1.22 bits per heavy atom. The van der Waals surface area contributed by atoms with Crippen molar-refractivity contribution in [3.8, 4) is 10.9 Å². The number of pyridine rings is 1. The van der Waals surface area contributed by atoms with Crippen LogP contribution in [0.1, 0.15) is 5.69 Å². The molecule has 4 nitrogen and oxygen atoms in total. The predicted molar refractivity (Wildman–Crippen MR) is 73.1 cm³/mol. The zero-order valence-electron chi connectivity index (χ0n) is 9.75. The van der Waals surface area contributed by atoms with Gasteiger partial charge >= 0.3 is 0 Å². The number of fused-ring (bicyclic) bond motifs is 1. The summed E-state index contributed by atoms with van der Waals surface area (Å²) < 4.78 is 6.68. The molecule has 1 aromatic carbocycles. The van der Waals surface area contributed by atoms with Crippen molar-refractivity contribution >= 4 is 27.2 Å². The number of nitrogen functional groups attached to an aromatic ring is 1. The van der Waals surface area contributed by atoms with Gasteiger partial charge in [0.15, 0.2) is 0 Å². The van der Waals surface area contributed by atoms with E-state index in [2.05, 4.69) is 9.97 Å². The number of benzene rings is 1. The van der Waals surface area contributed by atoms with Gasteiger partial charge in [-0.2, -0.15) is 0 Å². The molecule has 0 aliphatic rings. The van der Waals surface area contributed by atoms with Crippen molar-refractivity contribution in [3.05, 3.63) is 42.2 Å². The summed E-state index contributed by atoms with van der Waals surface area (Å²) in [6.07, 6.45) is 1.69. The van der Waals surface area contributed by atoms with E-state index in [0.29, 0.717) is 10.9 Å². The number of hydrogen-bond acceptors (Lipinski definition) is 5. The van der Waals surface area contributed by atoms with E-state index in [0.717, 1.165) is 21.6 Å². The summed E-state index contributed by atoms with van der Waals surface area (Å²) in [4.78, 5) is 8.56. The molecule has 0 aliphatic heterocycles. The molecule has 3 rings (SSSR count). The minimum absolute atomic E-state index is 0.598. The van der Waals surface area contributed by atoms with Crippen LogP contribution in [0.15, 0.2) is 36.5 Å². The van der Waals surface area contributed by atoms with Crippen LogP contribution in [0.5, 0.6) is 10.9 Å². The lowest BCUT2D eigenvalue weighted by Crippen LogP contribution is -1.85. The molecule has 0 fully saturated rings. The van der Waals surface area contributed by atoms with Crippen LogP contribution in [0, 0.1) is 6.92 Å². The smallest absolute Gasteiger partial charge is 0.279 e. The Morgan fingerprint density at radius 2 is 2.11 bits per heavy atom. The minimum Gasteiger partial charge on any atom is -0.429 e. The normalized spacial score (nSPS) is 10.7. The highest BCUT2D eigenvalue weighted by molar-refractivity contribution is 7.20. The predicted octanol–water partition coefficient (Wildman–Crippen LogP) is 3.37. The molecule has 0 unspecified atom stereocenters. The second-order valence-corrected chi connectivity index (χ2v) is 4.94.